The van der Waals surface area contributed by atoms with Crippen molar-refractivity contribution in [3.63, 3.8) is 0 Å². The van der Waals surface area contributed by atoms with Crippen LogP contribution in [0.5, 0.6) is 11.6 Å². The minimum atomic E-state index is -1.04. The van der Waals surface area contributed by atoms with Gasteiger partial charge in [-0.1, -0.05) is 0 Å². The second-order valence-electron chi connectivity index (χ2n) is 8.62. The lowest BCUT2D eigenvalue weighted by Crippen LogP contribution is -2.37. The highest BCUT2D eigenvalue weighted by atomic mass is 16.5. The van der Waals surface area contributed by atoms with Crippen LogP contribution >= 0.6 is 0 Å². The summed E-state index contributed by atoms with van der Waals surface area (Å²) < 4.78 is 17.0. The fourth-order valence-corrected chi connectivity index (χ4v) is 4.35. The molecule has 35 heavy (non-hydrogen) atoms. The maximum Gasteiger partial charge on any atom is 0.341 e. The smallest absolute Gasteiger partial charge is 0.341 e. The topological polar surface area (TPSA) is 132 Å². The second kappa shape index (κ2) is 10.7. The van der Waals surface area contributed by atoms with Crippen LogP contribution in [0, 0.1) is 0 Å². The molecule has 0 atom stereocenters. The molecule has 2 N–H and O–H groups in total. The predicted molar refractivity (Wildman–Crippen MR) is 128 cm³/mol. The highest BCUT2D eigenvalue weighted by Crippen LogP contribution is 2.31. The van der Waals surface area contributed by atoms with Gasteiger partial charge in [0.2, 0.25) is 11.8 Å². The first-order valence-corrected chi connectivity index (χ1v) is 11.8. The summed E-state index contributed by atoms with van der Waals surface area (Å²) in [4.78, 5) is 30.7. The number of fused-ring (bicyclic) bond motifs is 1. The fourth-order valence-electron chi connectivity index (χ4n) is 4.35. The van der Waals surface area contributed by atoms with Crippen LogP contribution in [0.25, 0.3) is 10.9 Å². The molecule has 4 heterocycles. The largest absolute Gasteiger partial charge is 0.479 e. The van der Waals surface area contributed by atoms with Gasteiger partial charge in [0.15, 0.2) is 12.4 Å². The van der Waals surface area contributed by atoms with Crippen molar-refractivity contribution in [1.82, 2.24) is 19.9 Å². The van der Waals surface area contributed by atoms with Gasteiger partial charge in [-0.05, 0) is 37.8 Å². The molecule has 0 bridgehead atoms. The molecule has 0 aromatic carbocycles. The van der Waals surface area contributed by atoms with Gasteiger partial charge in [0.1, 0.15) is 11.9 Å². The first kappa shape index (κ1) is 23.0. The van der Waals surface area contributed by atoms with Crippen molar-refractivity contribution in [3.8, 4) is 11.6 Å². The van der Waals surface area contributed by atoms with E-state index in [1.807, 2.05) is 18.2 Å². The molecule has 1 saturated heterocycles. The minimum Gasteiger partial charge on any atom is -0.479 e. The average molecular weight is 481 g/mol. The normalized spacial score (nSPS) is 20.4. The van der Waals surface area contributed by atoms with Crippen LogP contribution in [0.15, 0.2) is 36.8 Å². The number of hydrogen-bond acceptors (Lipinski definition) is 10. The van der Waals surface area contributed by atoms with Crippen LogP contribution in [-0.4, -0.2) is 76.1 Å². The van der Waals surface area contributed by atoms with E-state index in [4.69, 9.17) is 24.3 Å². The number of aromatic nitrogens is 4. The molecule has 1 aliphatic heterocycles. The summed E-state index contributed by atoms with van der Waals surface area (Å²) in [6.45, 7) is 2.57. The van der Waals surface area contributed by atoms with Crippen molar-refractivity contribution in [2.75, 3.05) is 43.1 Å². The summed E-state index contributed by atoms with van der Waals surface area (Å²) in [6, 6.07) is 6.16. The number of carboxylic acids is 1. The van der Waals surface area contributed by atoms with E-state index in [-0.39, 0.29) is 12.1 Å². The zero-order valence-corrected chi connectivity index (χ0v) is 19.3. The summed E-state index contributed by atoms with van der Waals surface area (Å²) in [5.41, 5.74) is 0.877. The lowest BCUT2D eigenvalue weighted by atomic mass is 9.93. The number of carboxylic acid groups (broad SMARTS) is 1. The highest BCUT2D eigenvalue weighted by Gasteiger charge is 2.25. The van der Waals surface area contributed by atoms with Gasteiger partial charge in [-0.3, -0.25) is 4.98 Å². The van der Waals surface area contributed by atoms with Crippen molar-refractivity contribution in [2.24, 2.45) is 0 Å². The summed E-state index contributed by atoms with van der Waals surface area (Å²) >= 11 is 0. The molecule has 3 aromatic heterocycles. The van der Waals surface area contributed by atoms with Gasteiger partial charge >= 0.3 is 5.97 Å². The van der Waals surface area contributed by atoms with E-state index in [1.54, 1.807) is 6.20 Å². The fraction of sp³-hybridized carbons (Fsp3) is 0.458. The maximum atomic E-state index is 10.6. The third-order valence-electron chi connectivity index (χ3n) is 6.16. The monoisotopic (exact) mass is 480 g/mol. The number of rotatable bonds is 8. The van der Waals surface area contributed by atoms with Crippen LogP contribution in [0.3, 0.4) is 0 Å². The number of aliphatic carboxylic acids is 1. The molecule has 0 radical (unpaired) electrons. The standard InChI is InChI=1S/C24H28N6O5/c31-22(32)15-34-18-13-26-24(27-14-18)28-16-3-5-17(6-4-16)35-23-19-2-1-7-25-20(19)12-21(29-23)30-8-10-33-11-9-30/h1-2,7,12-14,16-17H,3-6,8-11,15H2,(H,31,32)(H,26,27,28). The van der Waals surface area contributed by atoms with Crippen molar-refractivity contribution in [3.05, 3.63) is 36.8 Å². The first-order chi connectivity index (χ1) is 17.1. The van der Waals surface area contributed by atoms with E-state index in [1.165, 1.54) is 12.4 Å². The van der Waals surface area contributed by atoms with Gasteiger partial charge in [-0.15, -0.1) is 0 Å². The predicted octanol–water partition coefficient (Wildman–Crippen LogP) is 2.52. The quantitative estimate of drug-likeness (QED) is 0.493. The van der Waals surface area contributed by atoms with E-state index in [2.05, 4.69) is 25.2 Å². The SMILES string of the molecule is O=C(O)COc1cnc(NC2CCC(Oc3nc(N4CCOCC4)cc4ncccc34)CC2)nc1. The van der Waals surface area contributed by atoms with E-state index in [0.29, 0.717) is 30.8 Å². The number of nitrogens with one attached hydrogen (secondary N) is 1. The molecular formula is C24H28N6O5. The molecule has 0 spiro atoms. The number of hydrogen-bond donors (Lipinski definition) is 2. The first-order valence-electron chi connectivity index (χ1n) is 11.8. The van der Waals surface area contributed by atoms with Crippen LogP contribution in [0.1, 0.15) is 25.7 Å². The summed E-state index contributed by atoms with van der Waals surface area (Å²) in [5, 5.41) is 12.9. The Bertz CT molecular complexity index is 1150. The number of carbonyl (C=O) groups is 1. The van der Waals surface area contributed by atoms with Crippen molar-refractivity contribution < 1.29 is 24.1 Å². The van der Waals surface area contributed by atoms with E-state index in [0.717, 1.165) is 55.5 Å². The number of anilines is 2. The van der Waals surface area contributed by atoms with E-state index >= 15 is 0 Å². The Hall–Kier alpha value is -3.73. The second-order valence-corrected chi connectivity index (χ2v) is 8.62. The number of morpholine rings is 1. The van der Waals surface area contributed by atoms with Gasteiger partial charge in [0.25, 0.3) is 0 Å². The molecule has 184 valence electrons. The van der Waals surface area contributed by atoms with Gasteiger partial charge in [0, 0.05) is 31.4 Å². The number of ether oxygens (including phenoxy) is 3. The number of pyridine rings is 2. The Morgan fingerprint density at radius 3 is 2.66 bits per heavy atom. The van der Waals surface area contributed by atoms with E-state index < -0.39 is 12.6 Å². The van der Waals surface area contributed by atoms with Gasteiger partial charge in [0.05, 0.1) is 36.5 Å². The van der Waals surface area contributed by atoms with E-state index in [9.17, 15) is 4.79 Å². The van der Waals surface area contributed by atoms with Crippen molar-refractivity contribution in [1.29, 1.82) is 0 Å². The molecule has 5 rings (SSSR count). The molecule has 0 unspecified atom stereocenters. The van der Waals surface area contributed by atoms with Crippen molar-refractivity contribution >= 4 is 28.6 Å². The third kappa shape index (κ3) is 5.86. The summed E-state index contributed by atoms with van der Waals surface area (Å²) in [6.07, 6.45) is 8.37. The molecule has 2 fully saturated rings. The minimum absolute atomic E-state index is 0.0663. The Morgan fingerprint density at radius 2 is 1.91 bits per heavy atom. The molecule has 1 aliphatic carbocycles. The zero-order valence-electron chi connectivity index (χ0n) is 19.3. The molecule has 1 saturated carbocycles. The van der Waals surface area contributed by atoms with Gasteiger partial charge < -0.3 is 29.5 Å². The summed E-state index contributed by atoms with van der Waals surface area (Å²) in [7, 11) is 0. The lowest BCUT2D eigenvalue weighted by Gasteiger charge is -2.31. The molecule has 3 aromatic rings. The molecule has 11 heteroatoms. The molecule has 2 aliphatic rings. The highest BCUT2D eigenvalue weighted by molar-refractivity contribution is 5.85. The molecular weight excluding hydrogens is 452 g/mol. The van der Waals surface area contributed by atoms with Crippen molar-refractivity contribution in [2.45, 2.75) is 37.8 Å². The lowest BCUT2D eigenvalue weighted by molar-refractivity contribution is -0.139. The summed E-state index contributed by atoms with van der Waals surface area (Å²) in [5.74, 6) is 1.28. The van der Waals surface area contributed by atoms with Crippen LogP contribution in [0.4, 0.5) is 11.8 Å². The Kier molecular flexibility index (Phi) is 7.03. The van der Waals surface area contributed by atoms with Gasteiger partial charge in [-0.25, -0.2) is 14.8 Å². The molecule has 0 amide bonds. The van der Waals surface area contributed by atoms with Crippen LogP contribution in [0.2, 0.25) is 0 Å². The maximum absolute atomic E-state index is 10.6. The van der Waals surface area contributed by atoms with Gasteiger partial charge in [-0.2, -0.15) is 4.98 Å². The Balaban J connectivity index is 1.19. The van der Waals surface area contributed by atoms with Crippen LogP contribution < -0.4 is 19.7 Å². The van der Waals surface area contributed by atoms with Crippen LogP contribution in [-0.2, 0) is 9.53 Å². The molecule has 11 nitrogen and oxygen atoms in total. The average Bonchev–Trinajstić information content (AvgIpc) is 2.90. The zero-order chi connectivity index (χ0) is 24.0. The number of nitrogens with zero attached hydrogens (tertiary/aromatic N) is 5. The Labute approximate surface area is 202 Å². The Morgan fingerprint density at radius 1 is 1.14 bits per heavy atom. The third-order valence-corrected chi connectivity index (χ3v) is 6.16.